The van der Waals surface area contributed by atoms with Crippen LogP contribution >= 0.6 is 0 Å². The number of esters is 1. The molecule has 1 atom stereocenters. The number of aldehydes is 1. The molecule has 0 N–H and O–H groups in total. The lowest BCUT2D eigenvalue weighted by Gasteiger charge is -2.40. The van der Waals surface area contributed by atoms with Gasteiger partial charge in [-0.15, -0.1) is 0 Å². The summed E-state index contributed by atoms with van der Waals surface area (Å²) in [6.07, 6.45) is 0.765. The first-order chi connectivity index (χ1) is 8.88. The Morgan fingerprint density at radius 3 is 1.90 bits per heavy atom. The summed E-state index contributed by atoms with van der Waals surface area (Å²) in [7, 11) is 0. The van der Waals surface area contributed by atoms with Crippen molar-refractivity contribution >= 4 is 12.3 Å². The first-order valence-corrected chi connectivity index (χ1v) is 6.94. The maximum atomic E-state index is 12.3. The van der Waals surface area contributed by atoms with E-state index < -0.39 is 11.4 Å². The lowest BCUT2D eigenvalue weighted by atomic mass is 9.74. The van der Waals surface area contributed by atoms with E-state index in [-0.39, 0.29) is 29.8 Å². The zero-order valence-corrected chi connectivity index (χ0v) is 13.7. The molecule has 114 valence electrons. The monoisotopic (exact) mass is 281 g/mol. The summed E-state index contributed by atoms with van der Waals surface area (Å²) in [6.45, 7) is 13.6. The second-order valence-corrected chi connectivity index (χ2v) is 7.67. The number of carbonyl (C=O) groups is 2. The number of hydrogen-bond acceptors (Lipinski definition) is 4. The number of nitrogens with zero attached hydrogens (tertiary/aromatic N) is 1. The predicted octanol–water partition coefficient (Wildman–Crippen LogP) is 3.50. The molecule has 0 aliphatic carbocycles. The van der Waals surface area contributed by atoms with Gasteiger partial charge in [0.15, 0.2) is 5.41 Å². The van der Waals surface area contributed by atoms with Crippen molar-refractivity contribution in [2.75, 3.05) is 0 Å². The highest BCUT2D eigenvalue weighted by atomic mass is 16.5. The van der Waals surface area contributed by atoms with E-state index in [0.29, 0.717) is 6.29 Å². The zero-order chi connectivity index (χ0) is 16.2. The van der Waals surface area contributed by atoms with Crippen LogP contribution in [0.15, 0.2) is 0 Å². The molecule has 0 saturated carbocycles. The van der Waals surface area contributed by atoms with Crippen molar-refractivity contribution in [2.24, 2.45) is 16.2 Å². The van der Waals surface area contributed by atoms with E-state index in [1.807, 2.05) is 47.6 Å². The highest BCUT2D eigenvalue weighted by molar-refractivity contribution is 5.80. The second-order valence-electron chi connectivity index (χ2n) is 7.67. The average molecular weight is 281 g/mol. The topological polar surface area (TPSA) is 67.2 Å². The Kier molecular flexibility index (Phi) is 5.95. The van der Waals surface area contributed by atoms with Crippen molar-refractivity contribution in [1.29, 1.82) is 5.26 Å². The summed E-state index contributed by atoms with van der Waals surface area (Å²) in [6, 6.07) is 1.99. The SMILES string of the molecule is CC(C)(C)C(OC(=O)[C@@](C)(C#N)CCC=O)C(C)(C)C. The van der Waals surface area contributed by atoms with Gasteiger partial charge in [0.05, 0.1) is 6.07 Å². The standard InChI is InChI=1S/C16H27NO3/c1-14(2,3)12(15(4,5)6)20-13(19)16(7,11-17)9-8-10-18/h10,12H,8-9H2,1-7H3/t16-/m1/s1. The molecule has 0 radical (unpaired) electrons. The Morgan fingerprint density at radius 2 is 1.60 bits per heavy atom. The highest BCUT2D eigenvalue weighted by Gasteiger charge is 2.43. The van der Waals surface area contributed by atoms with Crippen molar-refractivity contribution in [1.82, 2.24) is 0 Å². The molecule has 0 fully saturated rings. The minimum absolute atomic E-state index is 0.175. The van der Waals surface area contributed by atoms with Crippen LogP contribution in [0.25, 0.3) is 0 Å². The minimum Gasteiger partial charge on any atom is -0.460 e. The second kappa shape index (κ2) is 6.39. The van der Waals surface area contributed by atoms with Gasteiger partial charge in [0.25, 0.3) is 0 Å². The quantitative estimate of drug-likeness (QED) is 0.571. The number of rotatable bonds is 5. The first-order valence-electron chi connectivity index (χ1n) is 6.94. The van der Waals surface area contributed by atoms with E-state index in [4.69, 9.17) is 4.74 Å². The molecular weight excluding hydrogens is 254 g/mol. The van der Waals surface area contributed by atoms with Crippen LogP contribution in [0.4, 0.5) is 0 Å². The fraction of sp³-hybridized carbons (Fsp3) is 0.812. The van der Waals surface area contributed by atoms with Crippen molar-refractivity contribution in [3.63, 3.8) is 0 Å². The lowest BCUT2D eigenvalue weighted by molar-refractivity contribution is -0.172. The molecule has 0 spiro atoms. The molecule has 0 amide bonds. The molecule has 0 aromatic heterocycles. The average Bonchev–Trinajstić information content (AvgIpc) is 2.29. The molecule has 0 unspecified atom stereocenters. The number of carbonyl (C=O) groups excluding carboxylic acids is 2. The van der Waals surface area contributed by atoms with E-state index in [2.05, 4.69) is 0 Å². The Morgan fingerprint density at radius 1 is 1.15 bits per heavy atom. The number of ether oxygens (including phenoxy) is 1. The van der Waals surface area contributed by atoms with Gasteiger partial charge >= 0.3 is 5.97 Å². The summed E-state index contributed by atoms with van der Waals surface area (Å²) in [5.41, 5.74) is -1.72. The van der Waals surface area contributed by atoms with Crippen LogP contribution in [0.5, 0.6) is 0 Å². The summed E-state index contributed by atoms with van der Waals surface area (Å²) < 4.78 is 5.66. The molecule has 4 nitrogen and oxygen atoms in total. The normalized spacial score (nSPS) is 15.3. The molecular formula is C16H27NO3. The summed E-state index contributed by atoms with van der Waals surface area (Å²) in [5.74, 6) is -0.545. The van der Waals surface area contributed by atoms with E-state index in [0.717, 1.165) is 0 Å². The van der Waals surface area contributed by atoms with Gasteiger partial charge in [0.1, 0.15) is 12.4 Å². The molecule has 0 aromatic carbocycles. The van der Waals surface area contributed by atoms with Crippen LogP contribution in [-0.2, 0) is 14.3 Å². The Labute approximate surface area is 122 Å². The van der Waals surface area contributed by atoms with Crippen molar-refractivity contribution < 1.29 is 14.3 Å². The first kappa shape index (κ1) is 18.6. The summed E-state index contributed by atoms with van der Waals surface area (Å²) >= 11 is 0. The molecule has 0 heterocycles. The van der Waals surface area contributed by atoms with Gasteiger partial charge in [0.2, 0.25) is 0 Å². The van der Waals surface area contributed by atoms with Gasteiger partial charge in [-0.25, -0.2) is 0 Å². The lowest BCUT2D eigenvalue weighted by Crippen LogP contribution is -2.44. The third-order valence-corrected chi connectivity index (χ3v) is 3.26. The van der Waals surface area contributed by atoms with Gasteiger partial charge in [-0.2, -0.15) is 5.26 Å². The molecule has 0 aromatic rings. The van der Waals surface area contributed by atoms with Gasteiger partial charge in [-0.05, 0) is 24.2 Å². The molecule has 0 aliphatic rings. The van der Waals surface area contributed by atoms with Crippen LogP contribution in [0.2, 0.25) is 0 Å². The molecule has 0 bridgehead atoms. The van der Waals surface area contributed by atoms with Gasteiger partial charge in [-0.3, -0.25) is 4.79 Å². The van der Waals surface area contributed by atoms with Crippen molar-refractivity contribution in [3.05, 3.63) is 0 Å². The Hall–Kier alpha value is -1.37. The van der Waals surface area contributed by atoms with E-state index in [1.165, 1.54) is 6.92 Å². The smallest absolute Gasteiger partial charge is 0.326 e. The van der Waals surface area contributed by atoms with Crippen molar-refractivity contribution in [2.45, 2.75) is 67.4 Å². The van der Waals surface area contributed by atoms with E-state index in [1.54, 1.807) is 0 Å². The summed E-state index contributed by atoms with van der Waals surface area (Å²) in [5, 5.41) is 9.23. The van der Waals surface area contributed by atoms with E-state index >= 15 is 0 Å². The van der Waals surface area contributed by atoms with Gasteiger partial charge < -0.3 is 9.53 Å². The summed E-state index contributed by atoms with van der Waals surface area (Å²) in [4.78, 5) is 22.8. The highest BCUT2D eigenvalue weighted by Crippen LogP contribution is 2.38. The minimum atomic E-state index is -1.27. The maximum absolute atomic E-state index is 12.3. The fourth-order valence-electron chi connectivity index (χ4n) is 2.44. The molecule has 0 aliphatic heterocycles. The van der Waals surface area contributed by atoms with Crippen LogP contribution in [0.1, 0.15) is 61.3 Å². The molecule has 20 heavy (non-hydrogen) atoms. The Bertz CT molecular complexity index is 381. The third-order valence-electron chi connectivity index (χ3n) is 3.26. The predicted molar refractivity (Wildman–Crippen MR) is 77.8 cm³/mol. The van der Waals surface area contributed by atoms with Crippen LogP contribution in [-0.4, -0.2) is 18.4 Å². The van der Waals surface area contributed by atoms with Crippen LogP contribution in [0, 0.1) is 27.6 Å². The zero-order valence-electron chi connectivity index (χ0n) is 13.7. The maximum Gasteiger partial charge on any atom is 0.326 e. The molecule has 0 saturated heterocycles. The van der Waals surface area contributed by atoms with Crippen LogP contribution < -0.4 is 0 Å². The number of nitriles is 1. The Balaban J connectivity index is 5.20. The third kappa shape index (κ3) is 4.96. The van der Waals surface area contributed by atoms with Crippen LogP contribution in [0.3, 0.4) is 0 Å². The van der Waals surface area contributed by atoms with E-state index in [9.17, 15) is 14.9 Å². The fourth-order valence-corrected chi connectivity index (χ4v) is 2.44. The van der Waals surface area contributed by atoms with Crippen molar-refractivity contribution in [3.8, 4) is 6.07 Å². The van der Waals surface area contributed by atoms with Gasteiger partial charge in [-0.1, -0.05) is 41.5 Å². The number of hydrogen-bond donors (Lipinski definition) is 0. The molecule has 4 heteroatoms. The van der Waals surface area contributed by atoms with Gasteiger partial charge in [0, 0.05) is 6.42 Å². The largest absolute Gasteiger partial charge is 0.460 e. The molecule has 0 rings (SSSR count).